The number of methoxy groups -OCH3 is 1. The highest BCUT2D eigenvalue weighted by molar-refractivity contribution is 8.01. The van der Waals surface area contributed by atoms with Gasteiger partial charge in [-0.25, -0.2) is 13.6 Å². The van der Waals surface area contributed by atoms with Gasteiger partial charge in [0.05, 0.1) is 19.3 Å². The SMILES string of the molecule is COc1ccc(NC(=O)N2CCS[C@]23C(=O)N(Cc2ccc(F)c(F)c2)c2ccccc23)cc1. The molecule has 1 N–H and O–H groups in total. The summed E-state index contributed by atoms with van der Waals surface area (Å²) >= 11 is 1.40. The minimum absolute atomic E-state index is 0.0588. The van der Waals surface area contributed by atoms with Gasteiger partial charge in [-0.3, -0.25) is 9.69 Å². The number of carbonyl (C=O) groups excluding carboxylic acids is 2. The van der Waals surface area contributed by atoms with Gasteiger partial charge in [-0.05, 0) is 48.0 Å². The number of urea groups is 1. The monoisotopic (exact) mass is 481 g/mol. The number of hydrogen-bond acceptors (Lipinski definition) is 4. The zero-order valence-corrected chi connectivity index (χ0v) is 19.1. The summed E-state index contributed by atoms with van der Waals surface area (Å²) < 4.78 is 32.4. The number of carbonyl (C=O) groups is 2. The van der Waals surface area contributed by atoms with Crippen LogP contribution in [0.25, 0.3) is 0 Å². The molecule has 5 rings (SSSR count). The standard InChI is InChI=1S/C25H21F2N3O3S/c1-33-18-9-7-17(8-10-18)28-24(32)30-12-13-34-25(30)19-4-2-3-5-22(19)29(23(25)31)15-16-6-11-20(26)21(27)14-16/h2-11,14H,12-13,15H2,1H3,(H,28,32)/t25-/m1/s1. The van der Waals surface area contributed by atoms with E-state index in [1.165, 1.54) is 22.7 Å². The smallest absolute Gasteiger partial charge is 0.323 e. The first kappa shape index (κ1) is 22.2. The highest BCUT2D eigenvalue weighted by Gasteiger charge is 2.59. The van der Waals surface area contributed by atoms with Crippen molar-refractivity contribution in [3.63, 3.8) is 0 Å². The normalized spacial score (nSPS) is 19.0. The molecule has 0 radical (unpaired) electrons. The summed E-state index contributed by atoms with van der Waals surface area (Å²) in [7, 11) is 1.56. The van der Waals surface area contributed by atoms with Crippen LogP contribution in [0.15, 0.2) is 66.7 Å². The maximum absolute atomic E-state index is 13.9. The lowest BCUT2D eigenvalue weighted by atomic mass is 10.1. The number of thioether (sulfide) groups is 1. The van der Waals surface area contributed by atoms with Gasteiger partial charge in [0.25, 0.3) is 5.91 Å². The van der Waals surface area contributed by atoms with Gasteiger partial charge >= 0.3 is 6.03 Å². The van der Waals surface area contributed by atoms with Gasteiger partial charge in [0.1, 0.15) is 5.75 Å². The molecular weight excluding hydrogens is 460 g/mol. The van der Waals surface area contributed by atoms with Crippen LogP contribution >= 0.6 is 11.8 Å². The molecule has 1 fully saturated rings. The van der Waals surface area contributed by atoms with Gasteiger partial charge in [0, 0.05) is 23.5 Å². The van der Waals surface area contributed by atoms with Crippen LogP contribution in [0.3, 0.4) is 0 Å². The van der Waals surface area contributed by atoms with E-state index in [1.807, 2.05) is 18.2 Å². The van der Waals surface area contributed by atoms with Gasteiger partial charge in [-0.2, -0.15) is 0 Å². The van der Waals surface area contributed by atoms with Crippen molar-refractivity contribution in [1.29, 1.82) is 0 Å². The Labute approximate surface area is 199 Å². The van der Waals surface area contributed by atoms with E-state index in [2.05, 4.69) is 5.32 Å². The highest BCUT2D eigenvalue weighted by atomic mass is 32.2. The summed E-state index contributed by atoms with van der Waals surface area (Å²) in [6.45, 7) is 0.440. The van der Waals surface area contributed by atoms with Crippen LogP contribution < -0.4 is 15.0 Å². The molecule has 0 unspecified atom stereocenters. The van der Waals surface area contributed by atoms with E-state index < -0.39 is 22.5 Å². The minimum atomic E-state index is -1.23. The number of halogens is 2. The largest absolute Gasteiger partial charge is 0.497 e. The maximum atomic E-state index is 13.9. The molecule has 0 bridgehead atoms. The predicted molar refractivity (Wildman–Crippen MR) is 127 cm³/mol. The second-order valence-electron chi connectivity index (χ2n) is 7.96. The molecule has 2 heterocycles. The number of nitrogens with zero attached hydrogens (tertiary/aromatic N) is 2. The summed E-state index contributed by atoms with van der Waals surface area (Å²) in [4.78, 5) is 29.1. The van der Waals surface area contributed by atoms with Crippen LogP contribution in [0.1, 0.15) is 11.1 Å². The Kier molecular flexibility index (Phi) is 5.65. The van der Waals surface area contributed by atoms with Crippen molar-refractivity contribution >= 4 is 35.1 Å². The van der Waals surface area contributed by atoms with Crippen molar-refractivity contribution < 1.29 is 23.1 Å². The molecule has 1 atom stereocenters. The van der Waals surface area contributed by atoms with Crippen LogP contribution in [0, 0.1) is 11.6 Å². The van der Waals surface area contributed by atoms with Crippen LogP contribution in [-0.4, -0.2) is 36.2 Å². The lowest BCUT2D eigenvalue weighted by molar-refractivity contribution is -0.123. The fourth-order valence-corrected chi connectivity index (χ4v) is 5.87. The average Bonchev–Trinajstić information content (AvgIpc) is 3.39. The van der Waals surface area contributed by atoms with Gasteiger partial charge in [0.15, 0.2) is 16.5 Å². The van der Waals surface area contributed by atoms with Gasteiger partial charge in [0.2, 0.25) is 0 Å². The van der Waals surface area contributed by atoms with E-state index in [1.54, 1.807) is 42.3 Å². The lowest BCUT2D eigenvalue weighted by Crippen LogP contribution is -2.51. The van der Waals surface area contributed by atoms with E-state index in [4.69, 9.17) is 4.74 Å². The Hall–Kier alpha value is -3.59. The second kappa shape index (κ2) is 8.64. The van der Waals surface area contributed by atoms with Crippen molar-refractivity contribution in [2.75, 3.05) is 29.6 Å². The van der Waals surface area contributed by atoms with Crippen molar-refractivity contribution in [3.05, 3.63) is 89.5 Å². The molecule has 3 aromatic rings. The first-order chi connectivity index (χ1) is 16.4. The summed E-state index contributed by atoms with van der Waals surface area (Å²) in [6, 6.07) is 17.4. The zero-order chi connectivity index (χ0) is 23.9. The van der Waals surface area contributed by atoms with Gasteiger partial charge in [-0.15, -0.1) is 11.8 Å². The number of rotatable bonds is 4. The molecule has 174 valence electrons. The number of ether oxygens (including phenoxy) is 1. The number of amides is 3. The van der Waals surface area contributed by atoms with Crippen LogP contribution in [0.4, 0.5) is 25.0 Å². The van der Waals surface area contributed by atoms with Gasteiger partial charge in [-0.1, -0.05) is 24.3 Å². The molecule has 0 aromatic heterocycles. The second-order valence-corrected chi connectivity index (χ2v) is 9.25. The fourth-order valence-electron chi connectivity index (χ4n) is 4.41. The Morgan fingerprint density at radius 3 is 2.59 bits per heavy atom. The molecule has 9 heteroatoms. The van der Waals surface area contributed by atoms with E-state index >= 15 is 0 Å². The number of benzene rings is 3. The molecule has 2 aliphatic rings. The van der Waals surface area contributed by atoms with E-state index in [9.17, 15) is 18.4 Å². The van der Waals surface area contributed by atoms with E-state index in [0.29, 0.717) is 40.5 Å². The minimum Gasteiger partial charge on any atom is -0.497 e. The molecule has 3 amide bonds. The summed E-state index contributed by atoms with van der Waals surface area (Å²) in [5, 5.41) is 2.87. The Morgan fingerprint density at radius 1 is 1.09 bits per heavy atom. The fraction of sp³-hybridized carbons (Fsp3) is 0.200. The average molecular weight is 482 g/mol. The molecule has 2 aliphatic heterocycles. The third-order valence-corrected chi connectivity index (χ3v) is 7.43. The number of fused-ring (bicyclic) bond motifs is 2. The van der Waals surface area contributed by atoms with Crippen molar-refractivity contribution in [2.45, 2.75) is 11.4 Å². The zero-order valence-electron chi connectivity index (χ0n) is 18.3. The molecule has 0 aliphatic carbocycles. The first-order valence-corrected chi connectivity index (χ1v) is 11.6. The number of hydrogen-bond donors (Lipinski definition) is 1. The van der Waals surface area contributed by atoms with Crippen LogP contribution in [0.5, 0.6) is 5.75 Å². The Bertz CT molecular complexity index is 1270. The maximum Gasteiger partial charge on any atom is 0.323 e. The quantitative estimate of drug-likeness (QED) is 0.573. The van der Waals surface area contributed by atoms with Crippen LogP contribution in [0.2, 0.25) is 0 Å². The topological polar surface area (TPSA) is 61.9 Å². The summed E-state index contributed by atoms with van der Waals surface area (Å²) in [6.07, 6.45) is 0. The van der Waals surface area contributed by atoms with E-state index in [0.717, 1.165) is 12.1 Å². The number of anilines is 2. The van der Waals surface area contributed by atoms with E-state index in [-0.39, 0.29) is 12.5 Å². The Morgan fingerprint density at radius 2 is 1.85 bits per heavy atom. The molecule has 1 saturated heterocycles. The molecule has 0 saturated carbocycles. The molecular formula is C25H21F2N3O3S. The molecule has 6 nitrogen and oxygen atoms in total. The highest BCUT2D eigenvalue weighted by Crippen LogP contribution is 2.54. The number of para-hydroxylation sites is 1. The molecule has 3 aromatic carbocycles. The first-order valence-electron chi connectivity index (χ1n) is 10.7. The molecule has 34 heavy (non-hydrogen) atoms. The third kappa shape index (κ3) is 3.56. The number of nitrogens with one attached hydrogen (secondary N) is 1. The summed E-state index contributed by atoms with van der Waals surface area (Å²) in [5.74, 6) is -0.955. The molecule has 1 spiro atoms. The third-order valence-electron chi connectivity index (χ3n) is 6.01. The van der Waals surface area contributed by atoms with Crippen molar-refractivity contribution in [1.82, 2.24) is 4.90 Å². The van der Waals surface area contributed by atoms with Crippen LogP contribution in [-0.2, 0) is 16.2 Å². The van der Waals surface area contributed by atoms with Crippen molar-refractivity contribution in [3.8, 4) is 5.75 Å². The predicted octanol–water partition coefficient (Wildman–Crippen LogP) is 4.95. The summed E-state index contributed by atoms with van der Waals surface area (Å²) in [5.41, 5.74) is 2.38. The van der Waals surface area contributed by atoms with Crippen molar-refractivity contribution in [2.24, 2.45) is 0 Å². The Balaban J connectivity index is 1.47. The van der Waals surface area contributed by atoms with Gasteiger partial charge < -0.3 is 15.0 Å². The lowest BCUT2D eigenvalue weighted by Gasteiger charge is -2.33.